The molecule has 3 rings (SSSR count). The van der Waals surface area contributed by atoms with Crippen LogP contribution in [0.5, 0.6) is 5.75 Å². The second kappa shape index (κ2) is 10.9. The summed E-state index contributed by atoms with van der Waals surface area (Å²) < 4.78 is 32.6. The summed E-state index contributed by atoms with van der Waals surface area (Å²) in [5.74, 6) is 0.699. The highest BCUT2D eigenvalue weighted by Gasteiger charge is 2.22. The van der Waals surface area contributed by atoms with E-state index in [1.807, 2.05) is 25.1 Å². The number of hydrogen-bond donors (Lipinski definition) is 0. The van der Waals surface area contributed by atoms with Crippen molar-refractivity contribution < 1.29 is 13.2 Å². The molecule has 170 valence electrons. The Morgan fingerprint density at radius 1 is 1.06 bits per heavy atom. The lowest BCUT2D eigenvalue weighted by Crippen LogP contribution is -2.31. The highest BCUT2D eigenvalue weighted by atomic mass is 35.5. The van der Waals surface area contributed by atoms with Gasteiger partial charge in [-0.2, -0.15) is 0 Å². The van der Waals surface area contributed by atoms with Gasteiger partial charge in [-0.3, -0.25) is 4.31 Å². The molecule has 0 atom stereocenters. The van der Waals surface area contributed by atoms with E-state index in [-0.39, 0.29) is 6.54 Å². The molecule has 0 aliphatic carbocycles. The molecule has 2 aromatic rings. The first-order chi connectivity index (χ1) is 14.7. The number of halogens is 2. The summed E-state index contributed by atoms with van der Waals surface area (Å²) >= 11 is 12.4. The monoisotopic (exact) mass is 484 g/mol. The van der Waals surface area contributed by atoms with Crippen molar-refractivity contribution >= 4 is 38.9 Å². The van der Waals surface area contributed by atoms with Crippen LogP contribution in [0.25, 0.3) is 0 Å². The molecule has 1 aliphatic rings. The molecule has 0 saturated carbocycles. The van der Waals surface area contributed by atoms with Gasteiger partial charge in [-0.05, 0) is 69.1 Å². The quantitative estimate of drug-likeness (QED) is 0.439. The van der Waals surface area contributed by atoms with E-state index in [2.05, 4.69) is 4.90 Å². The number of anilines is 1. The molecule has 8 heteroatoms. The SMILES string of the molecule is Cc1ccc(CN(c2cc(Cl)ccc2Cl)S(C)(=O)=O)c(OCCCN2CCCCC2)c1. The zero-order valence-electron chi connectivity index (χ0n) is 18.1. The Balaban J connectivity index is 1.75. The fourth-order valence-electron chi connectivity index (χ4n) is 3.79. The van der Waals surface area contributed by atoms with E-state index in [4.69, 9.17) is 27.9 Å². The van der Waals surface area contributed by atoms with Crippen LogP contribution in [0.1, 0.15) is 36.8 Å². The first-order valence-electron chi connectivity index (χ1n) is 10.6. The summed E-state index contributed by atoms with van der Waals surface area (Å²) in [5.41, 5.74) is 2.19. The Hall–Kier alpha value is -1.47. The molecule has 0 aromatic heterocycles. The van der Waals surface area contributed by atoms with Crippen LogP contribution in [-0.4, -0.2) is 45.8 Å². The number of hydrogen-bond acceptors (Lipinski definition) is 4. The molecular formula is C23H30Cl2N2O3S. The Labute approximate surface area is 195 Å². The van der Waals surface area contributed by atoms with E-state index >= 15 is 0 Å². The molecule has 1 saturated heterocycles. The minimum atomic E-state index is -3.59. The van der Waals surface area contributed by atoms with Crippen LogP contribution in [0.4, 0.5) is 5.69 Å². The molecule has 0 unspecified atom stereocenters. The Bertz CT molecular complexity index is 992. The Morgan fingerprint density at radius 2 is 1.81 bits per heavy atom. The van der Waals surface area contributed by atoms with Crippen molar-refractivity contribution in [3.05, 3.63) is 57.6 Å². The van der Waals surface area contributed by atoms with Crippen LogP contribution in [0.2, 0.25) is 10.0 Å². The molecule has 0 radical (unpaired) electrons. The van der Waals surface area contributed by atoms with Gasteiger partial charge in [0.2, 0.25) is 10.0 Å². The smallest absolute Gasteiger partial charge is 0.232 e. The zero-order valence-corrected chi connectivity index (χ0v) is 20.4. The largest absolute Gasteiger partial charge is 0.493 e. The van der Waals surface area contributed by atoms with Crippen LogP contribution in [0, 0.1) is 6.92 Å². The van der Waals surface area contributed by atoms with E-state index in [0.717, 1.165) is 30.3 Å². The van der Waals surface area contributed by atoms with Crippen LogP contribution in [-0.2, 0) is 16.6 Å². The van der Waals surface area contributed by atoms with Crippen molar-refractivity contribution in [2.75, 3.05) is 36.8 Å². The molecule has 31 heavy (non-hydrogen) atoms. The van der Waals surface area contributed by atoms with Gasteiger partial charge in [-0.15, -0.1) is 0 Å². The lowest BCUT2D eigenvalue weighted by molar-refractivity contribution is 0.204. The van der Waals surface area contributed by atoms with Crippen LogP contribution < -0.4 is 9.04 Å². The highest BCUT2D eigenvalue weighted by Crippen LogP contribution is 2.33. The molecule has 0 spiro atoms. The summed E-state index contributed by atoms with van der Waals surface area (Å²) in [5, 5.41) is 0.747. The van der Waals surface area contributed by atoms with E-state index in [0.29, 0.717) is 28.1 Å². The number of sulfonamides is 1. The van der Waals surface area contributed by atoms with Crippen LogP contribution in [0.15, 0.2) is 36.4 Å². The maximum atomic E-state index is 12.6. The van der Waals surface area contributed by atoms with Gasteiger partial charge in [0, 0.05) is 17.1 Å². The Morgan fingerprint density at radius 3 is 2.52 bits per heavy atom. The highest BCUT2D eigenvalue weighted by molar-refractivity contribution is 7.92. The maximum Gasteiger partial charge on any atom is 0.232 e. The standard InChI is InChI=1S/C23H30Cl2N2O3S/c1-18-7-8-19(23(15-18)30-14-6-13-26-11-4-3-5-12-26)17-27(31(2,28)29)22-16-20(24)9-10-21(22)25/h7-10,15-16H,3-6,11-14,17H2,1-2H3. The predicted octanol–water partition coefficient (Wildman–Crippen LogP) is 5.52. The number of aryl methyl sites for hydroxylation is 1. The zero-order chi connectivity index (χ0) is 22.4. The van der Waals surface area contributed by atoms with Crippen LogP contribution >= 0.6 is 23.2 Å². The predicted molar refractivity (Wildman–Crippen MR) is 129 cm³/mol. The van der Waals surface area contributed by atoms with Gasteiger partial charge < -0.3 is 9.64 Å². The second-order valence-electron chi connectivity index (χ2n) is 8.08. The number of nitrogens with zero attached hydrogens (tertiary/aromatic N) is 2. The third-order valence-electron chi connectivity index (χ3n) is 5.44. The molecule has 0 N–H and O–H groups in total. The summed E-state index contributed by atoms with van der Waals surface area (Å²) in [6, 6.07) is 10.6. The van der Waals surface area contributed by atoms with Gasteiger partial charge in [0.05, 0.1) is 30.1 Å². The lowest BCUT2D eigenvalue weighted by atomic mass is 10.1. The molecular weight excluding hydrogens is 455 g/mol. The van der Waals surface area contributed by atoms with Gasteiger partial charge >= 0.3 is 0 Å². The first-order valence-corrected chi connectivity index (χ1v) is 13.2. The van der Waals surface area contributed by atoms with E-state index < -0.39 is 10.0 Å². The molecule has 1 fully saturated rings. The lowest BCUT2D eigenvalue weighted by Gasteiger charge is -2.26. The normalized spacial score (nSPS) is 15.1. The second-order valence-corrected chi connectivity index (χ2v) is 10.8. The van der Waals surface area contributed by atoms with Gasteiger partial charge in [-0.1, -0.05) is 41.8 Å². The third kappa shape index (κ3) is 7.01. The molecule has 1 heterocycles. The molecule has 0 amide bonds. The molecule has 2 aromatic carbocycles. The van der Waals surface area contributed by atoms with E-state index in [1.54, 1.807) is 18.2 Å². The summed E-state index contributed by atoms with van der Waals surface area (Å²) in [7, 11) is -3.59. The number of likely N-dealkylation sites (tertiary alicyclic amines) is 1. The summed E-state index contributed by atoms with van der Waals surface area (Å²) in [6.07, 6.45) is 5.97. The fraction of sp³-hybridized carbons (Fsp3) is 0.478. The molecule has 5 nitrogen and oxygen atoms in total. The molecule has 1 aliphatic heterocycles. The van der Waals surface area contributed by atoms with Gasteiger partial charge in [-0.25, -0.2) is 8.42 Å². The average molecular weight is 485 g/mol. The van der Waals surface area contributed by atoms with Crippen molar-refractivity contribution in [1.29, 1.82) is 0 Å². The fourth-order valence-corrected chi connectivity index (χ4v) is 5.11. The van der Waals surface area contributed by atoms with Gasteiger partial charge in [0.1, 0.15) is 5.75 Å². The molecule has 0 bridgehead atoms. The van der Waals surface area contributed by atoms with Crippen molar-refractivity contribution in [3.63, 3.8) is 0 Å². The topological polar surface area (TPSA) is 49.9 Å². The minimum Gasteiger partial charge on any atom is -0.493 e. The van der Waals surface area contributed by atoms with E-state index in [9.17, 15) is 8.42 Å². The summed E-state index contributed by atoms with van der Waals surface area (Å²) in [4.78, 5) is 2.48. The van der Waals surface area contributed by atoms with Gasteiger partial charge in [0.25, 0.3) is 0 Å². The number of benzene rings is 2. The Kier molecular flexibility index (Phi) is 8.50. The maximum absolute atomic E-state index is 12.6. The minimum absolute atomic E-state index is 0.112. The number of ether oxygens (including phenoxy) is 1. The summed E-state index contributed by atoms with van der Waals surface area (Å²) in [6.45, 7) is 6.05. The van der Waals surface area contributed by atoms with Crippen molar-refractivity contribution in [2.45, 2.75) is 39.2 Å². The van der Waals surface area contributed by atoms with Crippen molar-refractivity contribution in [3.8, 4) is 5.75 Å². The van der Waals surface area contributed by atoms with Crippen LogP contribution in [0.3, 0.4) is 0 Å². The van der Waals surface area contributed by atoms with E-state index in [1.165, 1.54) is 36.7 Å². The number of rotatable bonds is 9. The average Bonchev–Trinajstić information content (AvgIpc) is 2.72. The van der Waals surface area contributed by atoms with Gasteiger partial charge in [0.15, 0.2) is 0 Å². The number of piperidine rings is 1. The van der Waals surface area contributed by atoms with Crippen molar-refractivity contribution in [1.82, 2.24) is 4.90 Å². The van der Waals surface area contributed by atoms with Crippen molar-refractivity contribution in [2.24, 2.45) is 0 Å². The first kappa shape index (κ1) is 24.2. The third-order valence-corrected chi connectivity index (χ3v) is 7.12.